The molecule has 6 aromatic rings. The first-order chi connectivity index (χ1) is 16.7. The van der Waals surface area contributed by atoms with E-state index in [-0.39, 0.29) is 5.41 Å². The molecule has 3 aromatic carbocycles. The third-order valence-electron chi connectivity index (χ3n) is 6.95. The normalized spacial score (nSPS) is 12.7. The van der Waals surface area contributed by atoms with Gasteiger partial charge in [0.1, 0.15) is 22.5 Å². The van der Waals surface area contributed by atoms with Gasteiger partial charge in [0.15, 0.2) is 0 Å². The summed E-state index contributed by atoms with van der Waals surface area (Å²) in [4.78, 5) is 10.6. The van der Waals surface area contributed by atoms with E-state index >= 15 is 0 Å². The SMILES string of the molecule is Cc1oc2c(ccc3sc4ncnc(-c5cc(C(C)(C)C)c6ccccc6c5)c4c32)c1CC(C)C. The number of aryl methyl sites for hydroxylation is 1. The van der Waals surface area contributed by atoms with Crippen molar-refractivity contribution >= 4 is 53.4 Å². The molecule has 0 amide bonds. The molecule has 0 aliphatic carbocycles. The number of hydrogen-bond donors (Lipinski definition) is 0. The van der Waals surface area contributed by atoms with Crippen LogP contribution >= 0.6 is 11.3 Å². The van der Waals surface area contributed by atoms with Crippen LogP contribution in [-0.2, 0) is 11.8 Å². The molecule has 35 heavy (non-hydrogen) atoms. The number of benzene rings is 3. The van der Waals surface area contributed by atoms with E-state index in [1.807, 2.05) is 0 Å². The van der Waals surface area contributed by atoms with Crippen LogP contribution in [-0.4, -0.2) is 9.97 Å². The van der Waals surface area contributed by atoms with Crippen LogP contribution in [0.4, 0.5) is 0 Å². The standard InChI is InChI=1S/C31H30N2OS/c1-17(2)13-23-18(3)34-29-22(23)11-12-25-26(29)27-28(32-16-33-30(27)35-25)20-14-19-9-7-8-10-21(19)24(15-20)31(4,5)6/h7-12,14-17H,13H2,1-6H3. The predicted molar refractivity (Wildman–Crippen MR) is 150 cm³/mol. The molecular weight excluding hydrogens is 448 g/mol. The van der Waals surface area contributed by atoms with Crippen LogP contribution in [0.15, 0.2) is 59.3 Å². The molecule has 4 heteroatoms. The highest BCUT2D eigenvalue weighted by atomic mass is 32.1. The Labute approximate surface area is 209 Å². The lowest BCUT2D eigenvalue weighted by Gasteiger charge is -2.22. The van der Waals surface area contributed by atoms with Gasteiger partial charge in [-0.25, -0.2) is 9.97 Å². The molecule has 0 saturated heterocycles. The summed E-state index contributed by atoms with van der Waals surface area (Å²) in [6, 6.07) is 17.7. The average molecular weight is 479 g/mol. The van der Waals surface area contributed by atoms with Crippen LogP contribution < -0.4 is 0 Å². The van der Waals surface area contributed by atoms with Gasteiger partial charge in [-0.15, -0.1) is 11.3 Å². The molecule has 3 aromatic heterocycles. The molecule has 0 radical (unpaired) electrons. The van der Waals surface area contributed by atoms with Crippen molar-refractivity contribution in [1.82, 2.24) is 9.97 Å². The molecule has 6 rings (SSSR count). The Balaban J connectivity index is 1.71. The van der Waals surface area contributed by atoms with Gasteiger partial charge in [-0.2, -0.15) is 0 Å². The highest BCUT2D eigenvalue weighted by Crippen LogP contribution is 2.44. The lowest BCUT2D eigenvalue weighted by Crippen LogP contribution is -2.12. The molecular formula is C31H30N2OS. The van der Waals surface area contributed by atoms with Gasteiger partial charge in [-0.1, -0.05) is 58.9 Å². The topological polar surface area (TPSA) is 38.9 Å². The largest absolute Gasteiger partial charge is 0.460 e. The molecule has 0 spiro atoms. The summed E-state index contributed by atoms with van der Waals surface area (Å²) in [6.45, 7) is 13.4. The van der Waals surface area contributed by atoms with E-state index in [4.69, 9.17) is 9.40 Å². The number of furan rings is 1. The van der Waals surface area contributed by atoms with Crippen LogP contribution in [0.1, 0.15) is 51.5 Å². The van der Waals surface area contributed by atoms with Gasteiger partial charge in [0.25, 0.3) is 0 Å². The number of nitrogens with zero attached hydrogens (tertiary/aromatic N) is 2. The quantitative estimate of drug-likeness (QED) is 0.254. The van der Waals surface area contributed by atoms with Crippen LogP contribution in [0.2, 0.25) is 0 Å². The molecule has 0 saturated carbocycles. The van der Waals surface area contributed by atoms with Gasteiger partial charge < -0.3 is 4.42 Å². The van der Waals surface area contributed by atoms with E-state index in [0.29, 0.717) is 5.92 Å². The van der Waals surface area contributed by atoms with E-state index in [1.165, 1.54) is 32.0 Å². The number of rotatable bonds is 3. The summed E-state index contributed by atoms with van der Waals surface area (Å²) in [5, 5.41) is 5.98. The smallest absolute Gasteiger partial charge is 0.143 e. The van der Waals surface area contributed by atoms with E-state index in [2.05, 4.69) is 95.1 Å². The zero-order chi connectivity index (χ0) is 24.5. The van der Waals surface area contributed by atoms with Crippen molar-refractivity contribution in [2.45, 2.75) is 53.4 Å². The predicted octanol–water partition coefficient (Wildman–Crippen LogP) is 9.22. The summed E-state index contributed by atoms with van der Waals surface area (Å²) < 4.78 is 7.66. The maximum Gasteiger partial charge on any atom is 0.143 e. The van der Waals surface area contributed by atoms with Crippen LogP contribution in [0.25, 0.3) is 53.3 Å². The molecule has 0 aliphatic heterocycles. The second kappa shape index (κ2) is 7.89. The van der Waals surface area contributed by atoms with Crippen LogP contribution in [0.3, 0.4) is 0 Å². The van der Waals surface area contributed by atoms with Gasteiger partial charge in [0.2, 0.25) is 0 Å². The van der Waals surface area contributed by atoms with Crippen molar-refractivity contribution in [3.8, 4) is 11.3 Å². The fraction of sp³-hybridized carbons (Fsp3) is 0.290. The molecule has 0 fully saturated rings. The summed E-state index contributed by atoms with van der Waals surface area (Å²) in [5.74, 6) is 1.58. The highest BCUT2D eigenvalue weighted by molar-refractivity contribution is 7.25. The van der Waals surface area contributed by atoms with Crippen LogP contribution in [0.5, 0.6) is 0 Å². The number of fused-ring (bicyclic) bond motifs is 6. The molecule has 0 bridgehead atoms. The van der Waals surface area contributed by atoms with E-state index in [0.717, 1.165) is 44.6 Å². The molecule has 0 N–H and O–H groups in total. The fourth-order valence-corrected chi connectivity index (χ4v) is 6.40. The minimum absolute atomic E-state index is 0.00953. The third-order valence-corrected chi connectivity index (χ3v) is 8.01. The Morgan fingerprint density at radius 1 is 0.943 bits per heavy atom. The van der Waals surface area contributed by atoms with Crippen molar-refractivity contribution in [2.24, 2.45) is 5.92 Å². The molecule has 3 heterocycles. The summed E-state index contributed by atoms with van der Waals surface area (Å²) in [7, 11) is 0. The Morgan fingerprint density at radius 3 is 2.51 bits per heavy atom. The van der Waals surface area contributed by atoms with E-state index < -0.39 is 0 Å². The number of hydrogen-bond acceptors (Lipinski definition) is 4. The summed E-state index contributed by atoms with van der Waals surface area (Å²) >= 11 is 1.72. The Kier molecular flexibility index (Phi) is 5.01. The van der Waals surface area contributed by atoms with Crippen molar-refractivity contribution in [1.29, 1.82) is 0 Å². The van der Waals surface area contributed by atoms with Gasteiger partial charge in [-0.3, -0.25) is 0 Å². The van der Waals surface area contributed by atoms with Gasteiger partial charge in [0.05, 0.1) is 5.69 Å². The lowest BCUT2D eigenvalue weighted by molar-refractivity contribution is 0.562. The second-order valence-corrected chi connectivity index (χ2v) is 12.1. The minimum atomic E-state index is 0.00953. The molecule has 0 unspecified atom stereocenters. The third kappa shape index (κ3) is 3.54. The first kappa shape index (κ1) is 22.2. The first-order valence-corrected chi connectivity index (χ1v) is 13.2. The lowest BCUT2D eigenvalue weighted by atomic mass is 9.82. The van der Waals surface area contributed by atoms with Crippen molar-refractivity contribution in [2.75, 3.05) is 0 Å². The average Bonchev–Trinajstić information content (AvgIpc) is 3.34. The highest BCUT2D eigenvalue weighted by Gasteiger charge is 2.23. The van der Waals surface area contributed by atoms with Crippen molar-refractivity contribution in [3.05, 3.63) is 71.7 Å². The number of thiophene rings is 1. The first-order valence-electron chi connectivity index (χ1n) is 12.3. The Morgan fingerprint density at radius 2 is 1.74 bits per heavy atom. The Bertz CT molecular complexity index is 1750. The van der Waals surface area contributed by atoms with Crippen LogP contribution in [0, 0.1) is 12.8 Å². The maximum absolute atomic E-state index is 6.47. The molecule has 0 atom stereocenters. The van der Waals surface area contributed by atoms with E-state index in [1.54, 1.807) is 17.7 Å². The summed E-state index contributed by atoms with van der Waals surface area (Å²) in [5.41, 5.74) is 5.73. The summed E-state index contributed by atoms with van der Waals surface area (Å²) in [6.07, 6.45) is 2.71. The second-order valence-electron chi connectivity index (χ2n) is 11.0. The van der Waals surface area contributed by atoms with Crippen molar-refractivity contribution < 1.29 is 4.42 Å². The van der Waals surface area contributed by atoms with Gasteiger partial charge >= 0.3 is 0 Å². The number of aromatic nitrogens is 2. The zero-order valence-corrected chi connectivity index (χ0v) is 22.0. The van der Waals surface area contributed by atoms with Gasteiger partial charge in [-0.05, 0) is 65.3 Å². The van der Waals surface area contributed by atoms with Crippen molar-refractivity contribution in [3.63, 3.8) is 0 Å². The molecule has 0 aliphatic rings. The zero-order valence-electron chi connectivity index (χ0n) is 21.2. The fourth-order valence-electron chi connectivity index (χ4n) is 5.36. The maximum atomic E-state index is 6.47. The van der Waals surface area contributed by atoms with E-state index in [9.17, 15) is 0 Å². The minimum Gasteiger partial charge on any atom is -0.460 e. The van der Waals surface area contributed by atoms with Gasteiger partial charge in [0, 0.05) is 32.0 Å². The monoisotopic (exact) mass is 478 g/mol. The molecule has 3 nitrogen and oxygen atoms in total. The molecule has 176 valence electrons. The Hall–Kier alpha value is -3.24.